The summed E-state index contributed by atoms with van der Waals surface area (Å²) in [5.74, 6) is -1.88. The Bertz CT molecular complexity index is 943. The maximum Gasteiger partial charge on any atom is 0.317 e. The highest BCUT2D eigenvalue weighted by atomic mass is 19.2. The number of benzene rings is 2. The van der Waals surface area contributed by atoms with E-state index in [1.807, 2.05) is 36.5 Å². The van der Waals surface area contributed by atoms with Crippen LogP contribution in [0.25, 0.3) is 0 Å². The van der Waals surface area contributed by atoms with Gasteiger partial charge in [0.15, 0.2) is 11.6 Å². The average molecular weight is 384 g/mol. The fourth-order valence-corrected chi connectivity index (χ4v) is 2.92. The third-order valence-electron chi connectivity index (χ3n) is 4.43. The van der Waals surface area contributed by atoms with E-state index < -0.39 is 17.7 Å². The maximum atomic E-state index is 13.9. The Kier molecular flexibility index (Phi) is 6.03. The van der Waals surface area contributed by atoms with E-state index in [4.69, 9.17) is 0 Å². The van der Waals surface area contributed by atoms with E-state index in [-0.39, 0.29) is 11.6 Å². The van der Waals surface area contributed by atoms with E-state index in [1.54, 1.807) is 24.9 Å². The summed E-state index contributed by atoms with van der Waals surface area (Å²) < 4.78 is 29.1. The topological polar surface area (TPSA) is 50.2 Å². The van der Waals surface area contributed by atoms with Crippen molar-refractivity contribution in [3.63, 3.8) is 0 Å². The Morgan fingerprint density at radius 3 is 2.64 bits per heavy atom. The molecule has 2 aromatic carbocycles. The third-order valence-corrected chi connectivity index (χ3v) is 4.43. The van der Waals surface area contributed by atoms with E-state index in [0.29, 0.717) is 13.1 Å². The van der Waals surface area contributed by atoms with E-state index in [0.717, 1.165) is 17.2 Å². The van der Waals surface area contributed by atoms with Gasteiger partial charge in [-0.2, -0.15) is 5.10 Å². The van der Waals surface area contributed by atoms with Gasteiger partial charge in [-0.25, -0.2) is 13.6 Å². The highest BCUT2D eigenvalue weighted by Gasteiger charge is 2.18. The molecule has 0 aliphatic heterocycles. The number of rotatable bonds is 6. The van der Waals surface area contributed by atoms with Crippen LogP contribution in [0.3, 0.4) is 0 Å². The highest BCUT2D eigenvalue weighted by Crippen LogP contribution is 2.19. The third kappa shape index (κ3) is 4.73. The Morgan fingerprint density at radius 1 is 1.14 bits per heavy atom. The van der Waals surface area contributed by atoms with Crippen molar-refractivity contribution in [3.8, 4) is 0 Å². The normalized spacial score (nSPS) is 11.9. The minimum absolute atomic E-state index is 0.109. The van der Waals surface area contributed by atoms with Crippen LogP contribution in [-0.2, 0) is 13.1 Å². The Labute approximate surface area is 162 Å². The monoisotopic (exact) mass is 384 g/mol. The number of carbonyl (C=O) groups is 1. The largest absolute Gasteiger partial charge is 0.331 e. The summed E-state index contributed by atoms with van der Waals surface area (Å²) in [6.45, 7) is 2.60. The second kappa shape index (κ2) is 8.65. The molecule has 1 heterocycles. The second-order valence-electron chi connectivity index (χ2n) is 6.70. The lowest BCUT2D eigenvalue weighted by atomic mass is 10.1. The van der Waals surface area contributed by atoms with Gasteiger partial charge in [-0.05, 0) is 18.6 Å². The lowest BCUT2D eigenvalue weighted by molar-refractivity contribution is 0.203. The zero-order valence-electron chi connectivity index (χ0n) is 15.8. The van der Waals surface area contributed by atoms with Crippen LogP contribution in [0.1, 0.15) is 29.7 Å². The van der Waals surface area contributed by atoms with Gasteiger partial charge in [-0.3, -0.25) is 4.68 Å². The number of halogens is 2. The molecule has 0 fully saturated rings. The minimum atomic E-state index is -0.944. The van der Waals surface area contributed by atoms with Gasteiger partial charge in [0.25, 0.3) is 0 Å². The van der Waals surface area contributed by atoms with Gasteiger partial charge < -0.3 is 10.2 Å². The first-order valence-corrected chi connectivity index (χ1v) is 8.95. The summed E-state index contributed by atoms with van der Waals surface area (Å²) in [5, 5.41) is 7.00. The molecule has 1 atom stereocenters. The van der Waals surface area contributed by atoms with Crippen molar-refractivity contribution in [2.24, 2.45) is 0 Å². The first-order chi connectivity index (χ1) is 13.4. The van der Waals surface area contributed by atoms with Crippen LogP contribution in [0.15, 0.2) is 60.9 Å². The van der Waals surface area contributed by atoms with Crippen LogP contribution >= 0.6 is 0 Å². The van der Waals surface area contributed by atoms with Crippen LogP contribution in [-0.4, -0.2) is 27.8 Å². The number of carbonyl (C=O) groups excluding carboxylic acids is 1. The second-order valence-corrected chi connectivity index (χ2v) is 6.70. The Balaban J connectivity index is 1.57. The standard InChI is InChI=1S/C21H22F2N4O/c1-15(18-9-6-10-19(22)20(18)23)25-21(28)26(2)12-17-11-24-27(14-17)13-16-7-4-3-5-8-16/h3-11,14-15H,12-13H2,1-2H3,(H,25,28). The lowest BCUT2D eigenvalue weighted by Gasteiger charge is -2.21. The number of nitrogens with zero attached hydrogens (tertiary/aromatic N) is 3. The van der Waals surface area contributed by atoms with E-state index in [1.165, 1.54) is 17.0 Å². The molecule has 0 bridgehead atoms. The van der Waals surface area contributed by atoms with E-state index >= 15 is 0 Å². The van der Waals surface area contributed by atoms with Crippen LogP contribution in [0.5, 0.6) is 0 Å². The van der Waals surface area contributed by atoms with Crippen molar-refractivity contribution in [2.75, 3.05) is 7.05 Å². The molecule has 3 rings (SSSR count). The van der Waals surface area contributed by atoms with Gasteiger partial charge in [-0.15, -0.1) is 0 Å². The summed E-state index contributed by atoms with van der Waals surface area (Å²) in [6, 6.07) is 12.8. The molecule has 5 nitrogen and oxygen atoms in total. The average Bonchev–Trinajstić information content (AvgIpc) is 3.11. The molecule has 0 aliphatic rings. The Hall–Kier alpha value is -3.22. The molecule has 0 radical (unpaired) electrons. The smallest absolute Gasteiger partial charge is 0.317 e. The quantitative estimate of drug-likeness (QED) is 0.695. The molecule has 0 aliphatic carbocycles. The predicted molar refractivity (Wildman–Crippen MR) is 103 cm³/mol. The molecule has 28 heavy (non-hydrogen) atoms. The van der Waals surface area contributed by atoms with Crippen molar-refractivity contribution in [2.45, 2.75) is 26.1 Å². The number of nitrogens with one attached hydrogen (secondary N) is 1. The minimum Gasteiger partial charge on any atom is -0.331 e. The highest BCUT2D eigenvalue weighted by molar-refractivity contribution is 5.74. The molecular formula is C21H22F2N4O. The summed E-state index contributed by atoms with van der Waals surface area (Å²) in [7, 11) is 1.64. The first-order valence-electron chi connectivity index (χ1n) is 8.95. The van der Waals surface area contributed by atoms with E-state index in [9.17, 15) is 13.6 Å². The number of hydrogen-bond acceptors (Lipinski definition) is 2. The van der Waals surface area contributed by atoms with Gasteiger partial charge in [0, 0.05) is 24.4 Å². The van der Waals surface area contributed by atoms with Crippen LogP contribution in [0.2, 0.25) is 0 Å². The number of urea groups is 1. The maximum absolute atomic E-state index is 13.9. The number of hydrogen-bond donors (Lipinski definition) is 1. The SMILES string of the molecule is CC(NC(=O)N(C)Cc1cnn(Cc2ccccc2)c1)c1cccc(F)c1F. The molecule has 0 saturated heterocycles. The molecule has 3 aromatic rings. The van der Waals surface area contributed by atoms with Gasteiger partial charge in [0.05, 0.1) is 25.3 Å². The zero-order chi connectivity index (χ0) is 20.1. The molecule has 7 heteroatoms. The summed E-state index contributed by atoms with van der Waals surface area (Å²) in [6.07, 6.45) is 3.59. The molecule has 1 N–H and O–H groups in total. The van der Waals surface area contributed by atoms with Crippen molar-refractivity contribution in [1.82, 2.24) is 20.0 Å². The fraction of sp³-hybridized carbons (Fsp3) is 0.238. The van der Waals surface area contributed by atoms with Crippen molar-refractivity contribution in [3.05, 3.63) is 89.2 Å². The molecule has 146 valence electrons. The lowest BCUT2D eigenvalue weighted by Crippen LogP contribution is -2.38. The number of aromatic nitrogens is 2. The van der Waals surface area contributed by atoms with Gasteiger partial charge in [0.2, 0.25) is 0 Å². The van der Waals surface area contributed by atoms with E-state index in [2.05, 4.69) is 10.4 Å². The molecule has 0 spiro atoms. The molecule has 1 aromatic heterocycles. The van der Waals surface area contributed by atoms with Crippen LogP contribution < -0.4 is 5.32 Å². The summed E-state index contributed by atoms with van der Waals surface area (Å²) in [5.41, 5.74) is 2.12. The fourth-order valence-electron chi connectivity index (χ4n) is 2.92. The summed E-state index contributed by atoms with van der Waals surface area (Å²) >= 11 is 0. The predicted octanol–water partition coefficient (Wildman–Crippen LogP) is 4.11. The summed E-state index contributed by atoms with van der Waals surface area (Å²) in [4.78, 5) is 13.9. The Morgan fingerprint density at radius 2 is 1.89 bits per heavy atom. The number of amides is 2. The van der Waals surface area contributed by atoms with Crippen LogP contribution in [0, 0.1) is 11.6 Å². The first kappa shape index (κ1) is 19.5. The molecular weight excluding hydrogens is 362 g/mol. The van der Waals surface area contributed by atoms with Gasteiger partial charge in [0.1, 0.15) is 0 Å². The van der Waals surface area contributed by atoms with Crippen molar-refractivity contribution in [1.29, 1.82) is 0 Å². The molecule has 1 unspecified atom stereocenters. The van der Waals surface area contributed by atoms with Crippen molar-refractivity contribution < 1.29 is 13.6 Å². The molecule has 2 amide bonds. The van der Waals surface area contributed by atoms with Crippen LogP contribution in [0.4, 0.5) is 13.6 Å². The molecule has 0 saturated carbocycles. The van der Waals surface area contributed by atoms with Gasteiger partial charge in [-0.1, -0.05) is 42.5 Å². The van der Waals surface area contributed by atoms with Crippen molar-refractivity contribution >= 4 is 6.03 Å². The van der Waals surface area contributed by atoms with Gasteiger partial charge >= 0.3 is 6.03 Å². The zero-order valence-corrected chi connectivity index (χ0v) is 15.8.